The summed E-state index contributed by atoms with van der Waals surface area (Å²) in [4.78, 5) is 18.8. The zero-order valence-electron chi connectivity index (χ0n) is 21.8. The van der Waals surface area contributed by atoms with Gasteiger partial charge in [-0.15, -0.1) is 0 Å². The standard InChI is InChI=1S/C28H36N2O4Si/c1-8-33-27(31)22-12-9-13-23(17-22)30(20-21-11-10-16-29-19-21)24-14-15-25(32-5)26(18-24)34-35(6,7)28(2,3)4/h9-19H,8,20H2,1-7H3. The van der Waals surface area contributed by atoms with Crippen LogP contribution in [0.5, 0.6) is 11.5 Å². The van der Waals surface area contributed by atoms with Crippen LogP contribution in [0.25, 0.3) is 0 Å². The maximum atomic E-state index is 12.4. The number of carbonyl (C=O) groups is 1. The van der Waals surface area contributed by atoms with Gasteiger partial charge in [-0.2, -0.15) is 0 Å². The summed E-state index contributed by atoms with van der Waals surface area (Å²) in [6.07, 6.45) is 3.60. The van der Waals surface area contributed by atoms with Crippen LogP contribution in [0.15, 0.2) is 67.0 Å². The molecular weight excluding hydrogens is 456 g/mol. The van der Waals surface area contributed by atoms with Crippen LogP contribution in [0.3, 0.4) is 0 Å². The van der Waals surface area contributed by atoms with E-state index in [1.54, 1.807) is 26.3 Å². The van der Waals surface area contributed by atoms with Crippen molar-refractivity contribution in [2.45, 2.75) is 52.4 Å². The van der Waals surface area contributed by atoms with E-state index < -0.39 is 8.32 Å². The van der Waals surface area contributed by atoms with Crippen LogP contribution in [0.4, 0.5) is 11.4 Å². The largest absolute Gasteiger partial charge is 0.541 e. The molecule has 6 nitrogen and oxygen atoms in total. The van der Waals surface area contributed by atoms with E-state index in [1.807, 2.05) is 54.7 Å². The Bertz CT molecular complexity index is 1140. The molecule has 0 radical (unpaired) electrons. The Labute approximate surface area is 210 Å². The highest BCUT2D eigenvalue weighted by Crippen LogP contribution is 2.42. The van der Waals surface area contributed by atoms with Crippen LogP contribution < -0.4 is 14.1 Å². The van der Waals surface area contributed by atoms with Gasteiger partial charge in [0, 0.05) is 36.4 Å². The van der Waals surface area contributed by atoms with Gasteiger partial charge in [-0.05, 0) is 67.0 Å². The third-order valence-electron chi connectivity index (χ3n) is 6.36. The maximum absolute atomic E-state index is 12.4. The zero-order chi connectivity index (χ0) is 25.6. The van der Waals surface area contributed by atoms with Gasteiger partial charge >= 0.3 is 5.97 Å². The average Bonchev–Trinajstić information content (AvgIpc) is 2.82. The van der Waals surface area contributed by atoms with E-state index in [0.29, 0.717) is 30.2 Å². The molecule has 0 aliphatic rings. The quantitative estimate of drug-likeness (QED) is 0.237. The molecule has 0 aliphatic carbocycles. The van der Waals surface area contributed by atoms with Crippen LogP contribution in [0, 0.1) is 0 Å². The Balaban J connectivity index is 2.09. The second-order valence-corrected chi connectivity index (χ2v) is 14.6. The molecule has 0 fully saturated rings. The lowest BCUT2D eigenvalue weighted by molar-refractivity contribution is 0.0526. The lowest BCUT2D eigenvalue weighted by Crippen LogP contribution is -2.44. The second kappa shape index (κ2) is 10.9. The number of hydrogen-bond donors (Lipinski definition) is 0. The van der Waals surface area contributed by atoms with Crippen LogP contribution >= 0.6 is 0 Å². The number of hydrogen-bond acceptors (Lipinski definition) is 6. The molecule has 7 heteroatoms. The molecule has 0 saturated heterocycles. The third-order valence-corrected chi connectivity index (χ3v) is 10.7. The fourth-order valence-electron chi connectivity index (χ4n) is 3.36. The summed E-state index contributed by atoms with van der Waals surface area (Å²) < 4.78 is 17.5. The van der Waals surface area contributed by atoms with Gasteiger partial charge in [-0.1, -0.05) is 32.9 Å². The highest BCUT2D eigenvalue weighted by molar-refractivity contribution is 6.74. The molecule has 0 saturated carbocycles. The van der Waals surface area contributed by atoms with E-state index in [4.69, 9.17) is 13.9 Å². The second-order valence-electron chi connectivity index (χ2n) is 9.92. The van der Waals surface area contributed by atoms with Gasteiger partial charge in [0.25, 0.3) is 8.32 Å². The molecule has 0 spiro atoms. The lowest BCUT2D eigenvalue weighted by atomic mass is 10.1. The van der Waals surface area contributed by atoms with Gasteiger partial charge in [-0.3, -0.25) is 4.98 Å². The van der Waals surface area contributed by atoms with Crippen LogP contribution in [-0.4, -0.2) is 33.0 Å². The van der Waals surface area contributed by atoms with Crippen LogP contribution in [0.1, 0.15) is 43.6 Å². The van der Waals surface area contributed by atoms with E-state index in [0.717, 1.165) is 16.9 Å². The van der Waals surface area contributed by atoms with E-state index in [1.165, 1.54) is 0 Å². The molecule has 1 aromatic heterocycles. The summed E-state index contributed by atoms with van der Waals surface area (Å²) >= 11 is 0. The van der Waals surface area contributed by atoms with Crippen molar-refractivity contribution in [1.29, 1.82) is 0 Å². The van der Waals surface area contributed by atoms with Crippen molar-refractivity contribution in [2.24, 2.45) is 0 Å². The number of nitrogens with zero attached hydrogens (tertiary/aromatic N) is 2. The van der Waals surface area contributed by atoms with E-state index in [9.17, 15) is 4.79 Å². The van der Waals surface area contributed by atoms with E-state index >= 15 is 0 Å². The number of benzene rings is 2. The van der Waals surface area contributed by atoms with Crippen molar-refractivity contribution in [3.63, 3.8) is 0 Å². The number of methoxy groups -OCH3 is 1. The molecule has 186 valence electrons. The van der Waals surface area contributed by atoms with Crippen molar-refractivity contribution >= 4 is 25.7 Å². The van der Waals surface area contributed by atoms with Gasteiger partial charge in [0.2, 0.25) is 0 Å². The SMILES string of the molecule is CCOC(=O)c1cccc(N(Cc2cccnc2)c2ccc(OC)c(O[Si](C)(C)C(C)(C)C)c2)c1. The van der Waals surface area contributed by atoms with Gasteiger partial charge in [0.15, 0.2) is 5.75 Å². The molecule has 0 amide bonds. The minimum absolute atomic E-state index is 0.0391. The molecule has 0 aliphatic heterocycles. The van der Waals surface area contributed by atoms with Crippen molar-refractivity contribution in [3.05, 3.63) is 78.1 Å². The van der Waals surface area contributed by atoms with E-state index in [-0.39, 0.29) is 11.0 Å². The minimum atomic E-state index is -2.11. The van der Waals surface area contributed by atoms with Gasteiger partial charge in [-0.25, -0.2) is 4.79 Å². The molecule has 3 aromatic rings. The highest BCUT2D eigenvalue weighted by Gasteiger charge is 2.39. The van der Waals surface area contributed by atoms with E-state index in [2.05, 4.69) is 43.7 Å². The third kappa shape index (κ3) is 6.42. The first-order chi connectivity index (χ1) is 16.6. The normalized spacial score (nSPS) is 11.6. The molecule has 0 atom stereocenters. The number of esters is 1. The predicted octanol–water partition coefficient (Wildman–Crippen LogP) is 6.99. The Hall–Kier alpha value is -3.32. The summed E-state index contributed by atoms with van der Waals surface area (Å²) in [5.74, 6) is 1.07. The van der Waals surface area contributed by atoms with Crippen LogP contribution in [0.2, 0.25) is 18.1 Å². The van der Waals surface area contributed by atoms with Gasteiger partial charge < -0.3 is 18.8 Å². The number of carbonyl (C=O) groups excluding carboxylic acids is 1. The molecule has 35 heavy (non-hydrogen) atoms. The smallest absolute Gasteiger partial charge is 0.338 e. The average molecular weight is 493 g/mol. The van der Waals surface area contributed by atoms with Crippen molar-refractivity contribution < 1.29 is 18.7 Å². The van der Waals surface area contributed by atoms with Gasteiger partial charge in [0.1, 0.15) is 5.75 Å². The molecule has 0 N–H and O–H groups in total. The number of anilines is 2. The summed E-state index contributed by atoms with van der Waals surface area (Å²) in [6.45, 7) is 13.8. The fraction of sp³-hybridized carbons (Fsp3) is 0.357. The number of rotatable bonds is 9. The Morgan fingerprint density at radius 3 is 2.37 bits per heavy atom. The maximum Gasteiger partial charge on any atom is 0.338 e. The fourth-order valence-corrected chi connectivity index (χ4v) is 4.38. The summed E-state index contributed by atoms with van der Waals surface area (Å²) in [5, 5.41) is 0.0391. The first-order valence-electron chi connectivity index (χ1n) is 11.9. The molecule has 2 aromatic carbocycles. The van der Waals surface area contributed by atoms with Crippen molar-refractivity contribution in [1.82, 2.24) is 4.98 Å². The predicted molar refractivity (Wildman–Crippen MR) is 143 cm³/mol. The topological polar surface area (TPSA) is 60.9 Å². The summed E-state index contributed by atoms with van der Waals surface area (Å²) in [5.41, 5.74) is 3.33. The monoisotopic (exact) mass is 492 g/mol. The zero-order valence-corrected chi connectivity index (χ0v) is 22.8. The summed E-state index contributed by atoms with van der Waals surface area (Å²) in [6, 6.07) is 17.4. The molecule has 1 heterocycles. The van der Waals surface area contributed by atoms with Gasteiger partial charge in [0.05, 0.1) is 19.3 Å². The molecule has 3 rings (SSSR count). The number of ether oxygens (including phenoxy) is 2. The first-order valence-corrected chi connectivity index (χ1v) is 14.8. The lowest BCUT2D eigenvalue weighted by Gasteiger charge is -2.37. The Morgan fingerprint density at radius 1 is 1.00 bits per heavy atom. The van der Waals surface area contributed by atoms with Crippen molar-refractivity contribution in [3.8, 4) is 11.5 Å². The molecular formula is C28H36N2O4Si. The van der Waals surface area contributed by atoms with Crippen molar-refractivity contribution in [2.75, 3.05) is 18.6 Å². The Kier molecular flexibility index (Phi) is 8.22. The molecule has 0 unspecified atom stereocenters. The Morgan fingerprint density at radius 2 is 1.74 bits per heavy atom. The highest BCUT2D eigenvalue weighted by atomic mass is 28.4. The first kappa shape index (κ1) is 26.3. The number of pyridine rings is 1. The van der Waals surface area contributed by atoms with Crippen LogP contribution in [-0.2, 0) is 11.3 Å². The summed E-state index contributed by atoms with van der Waals surface area (Å²) in [7, 11) is -0.451. The molecule has 0 bridgehead atoms. The minimum Gasteiger partial charge on any atom is -0.541 e. The number of aromatic nitrogens is 1.